The van der Waals surface area contributed by atoms with Gasteiger partial charge >= 0.3 is 0 Å². The molecule has 0 radical (unpaired) electrons. The molecule has 2 aromatic carbocycles. The zero-order valence-electron chi connectivity index (χ0n) is 10.3. The monoisotopic (exact) mass is 289 g/mol. The Morgan fingerprint density at radius 3 is 2.45 bits per heavy atom. The van der Waals surface area contributed by atoms with Gasteiger partial charge in [-0.1, -0.05) is 23.7 Å². The van der Waals surface area contributed by atoms with E-state index in [2.05, 4.69) is 0 Å². The van der Waals surface area contributed by atoms with Crippen molar-refractivity contribution in [3.63, 3.8) is 0 Å². The highest BCUT2D eigenvalue weighted by Gasteiger charge is 2.35. The minimum absolute atomic E-state index is 0.207. The number of anilines is 1. The van der Waals surface area contributed by atoms with Gasteiger partial charge in [0.1, 0.15) is 5.82 Å². The van der Waals surface area contributed by atoms with Crippen molar-refractivity contribution in [3.05, 3.63) is 64.4 Å². The number of nitrogens with zero attached hydrogens (tertiary/aromatic N) is 1. The summed E-state index contributed by atoms with van der Waals surface area (Å²) in [6, 6.07) is 10.6. The topological polar surface area (TPSA) is 37.4 Å². The van der Waals surface area contributed by atoms with Crippen LogP contribution in [-0.2, 0) is 11.3 Å². The Hall–Kier alpha value is -2.20. The van der Waals surface area contributed by atoms with Crippen LogP contribution in [0.25, 0.3) is 0 Å². The first-order valence-electron chi connectivity index (χ1n) is 5.96. The molecule has 20 heavy (non-hydrogen) atoms. The highest BCUT2D eigenvalue weighted by molar-refractivity contribution is 6.52. The summed E-state index contributed by atoms with van der Waals surface area (Å²) in [4.78, 5) is 25.1. The van der Waals surface area contributed by atoms with Crippen LogP contribution < -0.4 is 4.90 Å². The lowest BCUT2D eigenvalue weighted by molar-refractivity contribution is -0.114. The van der Waals surface area contributed by atoms with Crippen LogP contribution in [0.15, 0.2) is 42.5 Å². The normalized spacial score (nSPS) is 13.8. The first-order valence-corrected chi connectivity index (χ1v) is 6.34. The molecule has 1 heterocycles. The molecule has 0 unspecified atom stereocenters. The molecular weight excluding hydrogens is 281 g/mol. The number of rotatable bonds is 2. The molecule has 0 spiro atoms. The number of amides is 1. The minimum atomic E-state index is -0.638. The van der Waals surface area contributed by atoms with Crippen LogP contribution in [0.1, 0.15) is 15.9 Å². The number of carbonyl (C=O) groups excluding carboxylic acids is 2. The van der Waals surface area contributed by atoms with Gasteiger partial charge in [-0.25, -0.2) is 4.39 Å². The molecule has 0 bridgehead atoms. The summed E-state index contributed by atoms with van der Waals surface area (Å²) in [5, 5.41) is 0.587. The molecule has 3 rings (SSSR count). The summed E-state index contributed by atoms with van der Waals surface area (Å²) in [5.41, 5.74) is 1.37. The quantitative estimate of drug-likeness (QED) is 0.796. The fourth-order valence-electron chi connectivity index (χ4n) is 2.20. The molecule has 0 aromatic heterocycles. The maximum Gasteiger partial charge on any atom is 0.299 e. The second kappa shape index (κ2) is 4.72. The van der Waals surface area contributed by atoms with Crippen LogP contribution in [0.3, 0.4) is 0 Å². The lowest BCUT2D eigenvalue weighted by Gasteiger charge is -2.16. The van der Waals surface area contributed by atoms with E-state index in [0.717, 1.165) is 5.56 Å². The molecule has 100 valence electrons. The van der Waals surface area contributed by atoms with E-state index in [1.165, 1.54) is 23.1 Å². The van der Waals surface area contributed by atoms with Gasteiger partial charge in [-0.3, -0.25) is 9.59 Å². The first-order chi connectivity index (χ1) is 9.56. The molecule has 0 N–H and O–H groups in total. The molecule has 3 nitrogen and oxygen atoms in total. The lowest BCUT2D eigenvalue weighted by atomic mass is 10.1. The minimum Gasteiger partial charge on any atom is -0.300 e. The van der Waals surface area contributed by atoms with E-state index in [0.29, 0.717) is 10.7 Å². The van der Waals surface area contributed by atoms with Gasteiger partial charge in [0.05, 0.1) is 17.8 Å². The predicted molar refractivity (Wildman–Crippen MR) is 73.4 cm³/mol. The van der Waals surface area contributed by atoms with Gasteiger partial charge < -0.3 is 4.90 Å². The summed E-state index contributed by atoms with van der Waals surface area (Å²) in [6.45, 7) is 0.207. The zero-order chi connectivity index (χ0) is 14.3. The number of hydrogen-bond acceptors (Lipinski definition) is 2. The Bertz CT molecular complexity index is 712. The third-order valence-electron chi connectivity index (χ3n) is 3.19. The largest absolute Gasteiger partial charge is 0.300 e. The van der Waals surface area contributed by atoms with Crippen molar-refractivity contribution in [1.29, 1.82) is 0 Å². The highest BCUT2D eigenvalue weighted by atomic mass is 35.5. The van der Waals surface area contributed by atoms with Crippen molar-refractivity contribution in [2.75, 3.05) is 4.90 Å². The first kappa shape index (κ1) is 12.8. The van der Waals surface area contributed by atoms with Crippen molar-refractivity contribution in [2.45, 2.75) is 6.54 Å². The van der Waals surface area contributed by atoms with Crippen LogP contribution in [0, 0.1) is 5.82 Å². The standard InChI is InChI=1S/C15H9ClFNO2/c16-10-3-1-9(2-4-10)8-18-13-7-11(17)5-6-12(13)14(19)15(18)20/h1-7H,8H2. The van der Waals surface area contributed by atoms with Crippen molar-refractivity contribution in [1.82, 2.24) is 0 Å². The van der Waals surface area contributed by atoms with Crippen LogP contribution in [0.5, 0.6) is 0 Å². The van der Waals surface area contributed by atoms with Gasteiger partial charge in [0, 0.05) is 5.02 Å². The number of fused-ring (bicyclic) bond motifs is 1. The van der Waals surface area contributed by atoms with Crippen LogP contribution in [-0.4, -0.2) is 11.7 Å². The fourth-order valence-corrected chi connectivity index (χ4v) is 2.32. The smallest absolute Gasteiger partial charge is 0.299 e. The number of ketones is 1. The van der Waals surface area contributed by atoms with E-state index in [-0.39, 0.29) is 12.1 Å². The van der Waals surface area contributed by atoms with Crippen LogP contribution in [0.2, 0.25) is 5.02 Å². The zero-order valence-corrected chi connectivity index (χ0v) is 11.0. The third kappa shape index (κ3) is 2.08. The van der Waals surface area contributed by atoms with Crippen molar-refractivity contribution >= 4 is 29.0 Å². The number of carbonyl (C=O) groups is 2. The van der Waals surface area contributed by atoms with E-state index in [4.69, 9.17) is 11.6 Å². The van der Waals surface area contributed by atoms with E-state index in [1.54, 1.807) is 24.3 Å². The van der Waals surface area contributed by atoms with E-state index in [9.17, 15) is 14.0 Å². The van der Waals surface area contributed by atoms with Gasteiger partial charge in [-0.2, -0.15) is 0 Å². The predicted octanol–water partition coefficient (Wildman–Crippen LogP) is 3.21. The maximum absolute atomic E-state index is 13.3. The van der Waals surface area contributed by atoms with Gasteiger partial charge in [0.15, 0.2) is 0 Å². The lowest BCUT2D eigenvalue weighted by Crippen LogP contribution is -2.29. The molecule has 0 aliphatic carbocycles. The van der Waals surface area contributed by atoms with Crippen LogP contribution in [0.4, 0.5) is 10.1 Å². The molecule has 1 amide bonds. The average Bonchev–Trinajstić information content (AvgIpc) is 2.66. The molecule has 0 atom stereocenters. The number of hydrogen-bond donors (Lipinski definition) is 0. The van der Waals surface area contributed by atoms with Crippen LogP contribution >= 0.6 is 11.6 Å². The van der Waals surface area contributed by atoms with E-state index < -0.39 is 17.5 Å². The van der Waals surface area contributed by atoms with Crippen molar-refractivity contribution in [2.24, 2.45) is 0 Å². The Labute approximate surface area is 119 Å². The van der Waals surface area contributed by atoms with Gasteiger partial charge in [0.2, 0.25) is 0 Å². The molecule has 1 aliphatic heterocycles. The summed E-state index contributed by atoms with van der Waals surface area (Å²) >= 11 is 5.80. The summed E-state index contributed by atoms with van der Waals surface area (Å²) < 4.78 is 13.3. The van der Waals surface area contributed by atoms with E-state index in [1.807, 2.05) is 0 Å². The second-order valence-electron chi connectivity index (χ2n) is 4.51. The Kier molecular flexibility index (Phi) is 3.03. The molecule has 2 aromatic rings. The van der Waals surface area contributed by atoms with Gasteiger partial charge in [-0.15, -0.1) is 0 Å². The summed E-state index contributed by atoms with van der Waals surface area (Å²) in [5.74, 6) is -1.72. The fraction of sp³-hybridized carbons (Fsp3) is 0.0667. The molecule has 0 saturated heterocycles. The average molecular weight is 290 g/mol. The highest BCUT2D eigenvalue weighted by Crippen LogP contribution is 2.31. The number of Topliss-reactive ketones (excluding diaryl/α,β-unsaturated/α-hetero) is 1. The molecule has 5 heteroatoms. The summed E-state index contributed by atoms with van der Waals surface area (Å²) in [6.07, 6.45) is 0. The SMILES string of the molecule is O=C1C(=O)N(Cc2ccc(Cl)cc2)c2cc(F)ccc21. The molecule has 1 aliphatic rings. The van der Waals surface area contributed by atoms with Crippen molar-refractivity contribution in [3.8, 4) is 0 Å². The van der Waals surface area contributed by atoms with Gasteiger partial charge in [0.25, 0.3) is 11.7 Å². The van der Waals surface area contributed by atoms with Gasteiger partial charge in [-0.05, 0) is 35.9 Å². The number of halogens is 2. The Morgan fingerprint density at radius 2 is 1.75 bits per heavy atom. The van der Waals surface area contributed by atoms with Crippen molar-refractivity contribution < 1.29 is 14.0 Å². The number of benzene rings is 2. The van der Waals surface area contributed by atoms with E-state index >= 15 is 0 Å². The maximum atomic E-state index is 13.3. The second-order valence-corrected chi connectivity index (χ2v) is 4.94. The third-order valence-corrected chi connectivity index (χ3v) is 3.44. The molecule has 0 fully saturated rings. The molecular formula is C15H9ClFNO2. The summed E-state index contributed by atoms with van der Waals surface area (Å²) in [7, 11) is 0. The Balaban J connectivity index is 1.98. The Morgan fingerprint density at radius 1 is 1.05 bits per heavy atom. The molecule has 0 saturated carbocycles.